The topological polar surface area (TPSA) is 115 Å². The molecule has 2 aromatic rings. The lowest BCUT2D eigenvalue weighted by atomic mass is 9.70. The third-order valence-corrected chi connectivity index (χ3v) is 10.1. The molecule has 0 unspecified atom stereocenters. The van der Waals surface area contributed by atoms with Crippen molar-refractivity contribution in [2.45, 2.75) is 63.6 Å². The van der Waals surface area contributed by atoms with Crippen molar-refractivity contribution in [2.24, 2.45) is 0 Å². The number of rotatable bonds is 11. The van der Waals surface area contributed by atoms with Gasteiger partial charge < -0.3 is 25.6 Å². The van der Waals surface area contributed by atoms with Gasteiger partial charge in [0.1, 0.15) is 5.69 Å². The maximum atomic E-state index is 13.3. The molecule has 3 N–H and O–H groups in total. The highest BCUT2D eigenvalue weighted by atomic mass is 16.5. The second-order valence-corrected chi connectivity index (χ2v) is 13.3. The Morgan fingerprint density at radius 3 is 2.44 bits per heavy atom. The Kier molecular flexibility index (Phi) is 9.79. The van der Waals surface area contributed by atoms with Gasteiger partial charge in [0.15, 0.2) is 0 Å². The molecule has 4 saturated heterocycles. The standard InChI is InChI=1S/C34H48N8O3/c1-3-26(2)18-30-31(38-25-43)19-27(20-36-30)22-40-14-16-42(17-15-40)28-4-5-29(37-21-28)32(44)39-33-6-8-34(9-7-33,45-24-33)23-41-12-10-35-11-13-41/h4-5,18-21,25,35H,3,6-17,22-24H2,1-2H3,(H,38,43)(H,39,44)/b26-18+. The molecule has 6 heterocycles. The normalized spacial score (nSPS) is 26.1. The summed E-state index contributed by atoms with van der Waals surface area (Å²) in [4.78, 5) is 40.9. The Labute approximate surface area is 266 Å². The first kappa shape index (κ1) is 31.6. The van der Waals surface area contributed by atoms with Crippen LogP contribution in [0.1, 0.15) is 67.7 Å². The van der Waals surface area contributed by atoms with Crippen molar-refractivity contribution in [1.29, 1.82) is 0 Å². The van der Waals surface area contributed by atoms with Crippen LogP contribution in [0.15, 0.2) is 36.2 Å². The van der Waals surface area contributed by atoms with Crippen LogP contribution in [0, 0.1) is 0 Å². The molecule has 0 aromatic carbocycles. The summed E-state index contributed by atoms with van der Waals surface area (Å²) in [7, 11) is 0. The minimum atomic E-state index is -0.288. The molecule has 2 amide bonds. The maximum Gasteiger partial charge on any atom is 0.270 e. The van der Waals surface area contributed by atoms with E-state index in [4.69, 9.17) is 4.74 Å². The Hall–Kier alpha value is -3.38. The van der Waals surface area contributed by atoms with Crippen molar-refractivity contribution in [2.75, 3.05) is 75.7 Å². The predicted molar refractivity (Wildman–Crippen MR) is 176 cm³/mol. The van der Waals surface area contributed by atoms with Crippen LogP contribution in [0.25, 0.3) is 6.08 Å². The molecule has 5 fully saturated rings. The minimum absolute atomic E-state index is 0.0587. The quantitative estimate of drug-likeness (QED) is 0.328. The number of hydrogen-bond donors (Lipinski definition) is 3. The molecule has 242 valence electrons. The van der Waals surface area contributed by atoms with Crippen molar-refractivity contribution in [3.05, 3.63) is 53.1 Å². The molecule has 0 atom stereocenters. The number of anilines is 2. The number of piperazine rings is 2. The Bertz CT molecular complexity index is 1340. The Balaban J connectivity index is 0.983. The molecular formula is C34H48N8O3. The average molecular weight is 617 g/mol. The molecular weight excluding hydrogens is 568 g/mol. The van der Waals surface area contributed by atoms with Crippen LogP contribution in [-0.4, -0.2) is 109 Å². The van der Waals surface area contributed by atoms with Crippen LogP contribution in [0.2, 0.25) is 0 Å². The monoisotopic (exact) mass is 616 g/mol. The summed E-state index contributed by atoms with van der Waals surface area (Å²) < 4.78 is 6.46. The van der Waals surface area contributed by atoms with Gasteiger partial charge in [-0.3, -0.25) is 24.4 Å². The van der Waals surface area contributed by atoms with Crippen molar-refractivity contribution in [3.63, 3.8) is 0 Å². The molecule has 0 spiro atoms. The summed E-state index contributed by atoms with van der Waals surface area (Å²) in [5.41, 5.74) is 4.94. The predicted octanol–water partition coefficient (Wildman–Crippen LogP) is 2.90. The van der Waals surface area contributed by atoms with Gasteiger partial charge in [0.2, 0.25) is 6.41 Å². The number of pyridine rings is 2. The molecule has 0 radical (unpaired) electrons. The van der Waals surface area contributed by atoms with Crippen LogP contribution in [0.3, 0.4) is 0 Å². The smallest absolute Gasteiger partial charge is 0.270 e. The van der Waals surface area contributed by atoms with Gasteiger partial charge in [0, 0.05) is 71.6 Å². The zero-order valence-corrected chi connectivity index (χ0v) is 26.8. The van der Waals surface area contributed by atoms with Crippen molar-refractivity contribution in [1.82, 2.24) is 30.4 Å². The molecule has 45 heavy (non-hydrogen) atoms. The highest BCUT2D eigenvalue weighted by Gasteiger charge is 2.51. The summed E-state index contributed by atoms with van der Waals surface area (Å²) in [6.07, 6.45) is 11.3. The first-order valence-corrected chi connectivity index (χ1v) is 16.6. The lowest BCUT2D eigenvalue weighted by Crippen LogP contribution is -2.65. The van der Waals surface area contributed by atoms with Gasteiger partial charge >= 0.3 is 0 Å². The van der Waals surface area contributed by atoms with Gasteiger partial charge in [-0.05, 0) is 68.9 Å². The average Bonchev–Trinajstić information content (AvgIpc) is 3.07. The van der Waals surface area contributed by atoms with E-state index in [0.717, 1.165) is 120 Å². The van der Waals surface area contributed by atoms with E-state index < -0.39 is 0 Å². The molecule has 1 saturated carbocycles. The van der Waals surface area contributed by atoms with Crippen molar-refractivity contribution < 1.29 is 14.3 Å². The number of allylic oxidation sites excluding steroid dienone is 1. The number of aromatic nitrogens is 2. The number of ether oxygens (including phenoxy) is 1. The summed E-state index contributed by atoms with van der Waals surface area (Å²) in [6, 6.07) is 5.88. The summed E-state index contributed by atoms with van der Waals surface area (Å²) in [6.45, 7) is 14.3. The van der Waals surface area contributed by atoms with Crippen molar-refractivity contribution in [3.8, 4) is 0 Å². The maximum absolute atomic E-state index is 13.3. The lowest BCUT2D eigenvalue weighted by Gasteiger charge is -2.54. The van der Waals surface area contributed by atoms with E-state index in [0.29, 0.717) is 18.7 Å². The van der Waals surface area contributed by atoms with Gasteiger partial charge in [0.25, 0.3) is 5.91 Å². The fourth-order valence-corrected chi connectivity index (χ4v) is 7.08. The van der Waals surface area contributed by atoms with E-state index in [1.165, 1.54) is 5.57 Å². The molecule has 4 aliphatic heterocycles. The minimum Gasteiger partial charge on any atom is -0.371 e. The first-order valence-electron chi connectivity index (χ1n) is 16.6. The van der Waals surface area contributed by atoms with Gasteiger partial charge in [-0.1, -0.05) is 12.5 Å². The van der Waals surface area contributed by atoms with E-state index in [1.54, 1.807) is 0 Å². The van der Waals surface area contributed by atoms with Crippen LogP contribution < -0.4 is 20.9 Å². The number of amides is 2. The number of nitrogens with one attached hydrogen (secondary N) is 3. The van der Waals surface area contributed by atoms with E-state index in [1.807, 2.05) is 36.7 Å². The van der Waals surface area contributed by atoms with Crippen LogP contribution in [0.4, 0.5) is 11.4 Å². The van der Waals surface area contributed by atoms with Gasteiger partial charge in [0.05, 0.1) is 41.0 Å². The number of hydrogen-bond acceptors (Lipinski definition) is 9. The molecule has 2 bridgehead atoms. The molecule has 7 rings (SSSR count). The second-order valence-electron chi connectivity index (χ2n) is 13.3. The number of nitrogens with zero attached hydrogens (tertiary/aromatic N) is 5. The van der Waals surface area contributed by atoms with E-state index in [2.05, 4.69) is 54.5 Å². The summed E-state index contributed by atoms with van der Waals surface area (Å²) in [5, 5.41) is 9.55. The highest BCUT2D eigenvalue weighted by molar-refractivity contribution is 5.93. The van der Waals surface area contributed by atoms with Crippen molar-refractivity contribution >= 4 is 29.8 Å². The Morgan fingerprint density at radius 1 is 1.02 bits per heavy atom. The summed E-state index contributed by atoms with van der Waals surface area (Å²) in [5.74, 6) is -0.116. The lowest BCUT2D eigenvalue weighted by molar-refractivity contribution is -0.169. The van der Waals surface area contributed by atoms with Gasteiger partial charge in [-0.2, -0.15) is 0 Å². The second kappa shape index (κ2) is 13.9. The third-order valence-electron chi connectivity index (χ3n) is 10.1. The largest absolute Gasteiger partial charge is 0.371 e. The summed E-state index contributed by atoms with van der Waals surface area (Å²) >= 11 is 0. The number of carbonyl (C=O) groups is 2. The van der Waals surface area contributed by atoms with E-state index in [-0.39, 0.29) is 17.0 Å². The first-order chi connectivity index (χ1) is 21.9. The van der Waals surface area contributed by atoms with Crippen LogP contribution in [-0.2, 0) is 16.1 Å². The zero-order chi connectivity index (χ0) is 31.3. The van der Waals surface area contributed by atoms with E-state index >= 15 is 0 Å². The molecule has 2 aromatic heterocycles. The van der Waals surface area contributed by atoms with Gasteiger partial charge in [-0.25, -0.2) is 4.98 Å². The zero-order valence-electron chi connectivity index (χ0n) is 26.8. The van der Waals surface area contributed by atoms with Crippen LogP contribution >= 0.6 is 0 Å². The number of fused-ring (bicyclic) bond motifs is 3. The fourth-order valence-electron chi connectivity index (χ4n) is 7.08. The molecule has 1 aliphatic carbocycles. The Morgan fingerprint density at radius 2 is 1.80 bits per heavy atom. The molecule has 11 heteroatoms. The van der Waals surface area contributed by atoms with Gasteiger partial charge in [-0.15, -0.1) is 0 Å². The van der Waals surface area contributed by atoms with Crippen LogP contribution in [0.5, 0.6) is 0 Å². The number of carbonyl (C=O) groups excluding carboxylic acids is 2. The highest BCUT2D eigenvalue weighted by Crippen LogP contribution is 2.44. The molecule has 11 nitrogen and oxygen atoms in total. The third kappa shape index (κ3) is 7.54. The molecule has 5 aliphatic rings. The fraction of sp³-hybridized carbons (Fsp3) is 0.588. The van der Waals surface area contributed by atoms with E-state index in [9.17, 15) is 9.59 Å². The SMILES string of the molecule is CC/C(C)=C/c1ncc(CN2CCN(c3ccc(C(=O)NC45CCC(CN6CCNCC6)(CC4)OC5)nc3)CC2)cc1NC=O.